The third-order valence-electron chi connectivity index (χ3n) is 4.93. The molecule has 1 aliphatic carbocycles. The van der Waals surface area contributed by atoms with Crippen LogP contribution in [0.2, 0.25) is 0 Å². The Kier molecular flexibility index (Phi) is 3.63. The van der Waals surface area contributed by atoms with Crippen molar-refractivity contribution in [1.29, 1.82) is 0 Å². The van der Waals surface area contributed by atoms with Crippen LogP contribution in [0.3, 0.4) is 0 Å². The molecule has 1 aromatic heterocycles. The highest BCUT2D eigenvalue weighted by Gasteiger charge is 2.55. The van der Waals surface area contributed by atoms with Crippen molar-refractivity contribution >= 4 is 17.0 Å². The monoisotopic (exact) mass is 340 g/mol. The summed E-state index contributed by atoms with van der Waals surface area (Å²) in [7, 11) is 0. The predicted octanol–water partition coefficient (Wildman–Crippen LogP) is 4.01. The van der Waals surface area contributed by atoms with Gasteiger partial charge in [-0.05, 0) is 51.8 Å². The molecule has 1 amide bonds. The van der Waals surface area contributed by atoms with Crippen LogP contribution >= 0.6 is 0 Å². The standard InChI is InChI=1S/C20H24N2O3/c1-19(2,3)25-18(23)22-12-20(13-22)10-14(11-20)24-17-8-9-21-16-7-5-4-6-15(16)17/h4-9,14H,10-13H2,1-3H3. The Morgan fingerprint density at radius 3 is 2.64 bits per heavy atom. The van der Waals surface area contributed by atoms with Gasteiger partial charge < -0.3 is 14.4 Å². The fourth-order valence-electron chi connectivity index (χ4n) is 3.82. The fourth-order valence-corrected chi connectivity index (χ4v) is 3.82. The molecule has 2 heterocycles. The second-order valence-electron chi connectivity index (χ2n) is 8.31. The van der Waals surface area contributed by atoms with Crippen molar-refractivity contribution in [3.63, 3.8) is 0 Å². The lowest BCUT2D eigenvalue weighted by Gasteiger charge is -2.58. The molecule has 0 atom stereocenters. The van der Waals surface area contributed by atoms with Gasteiger partial charge in [-0.2, -0.15) is 0 Å². The Morgan fingerprint density at radius 1 is 1.20 bits per heavy atom. The summed E-state index contributed by atoms with van der Waals surface area (Å²) in [5.41, 5.74) is 0.742. The van der Waals surface area contributed by atoms with Crippen molar-refractivity contribution in [3.05, 3.63) is 36.5 Å². The molecule has 0 unspecified atom stereocenters. The summed E-state index contributed by atoms with van der Waals surface area (Å²) >= 11 is 0. The van der Waals surface area contributed by atoms with E-state index in [1.807, 2.05) is 51.1 Å². The van der Waals surface area contributed by atoms with E-state index < -0.39 is 5.60 Å². The number of carbonyl (C=O) groups is 1. The topological polar surface area (TPSA) is 51.7 Å². The molecule has 0 bridgehead atoms. The van der Waals surface area contributed by atoms with Crippen LogP contribution in [0.1, 0.15) is 33.6 Å². The van der Waals surface area contributed by atoms with Gasteiger partial charge in [-0.15, -0.1) is 0 Å². The molecule has 0 radical (unpaired) electrons. The SMILES string of the molecule is CC(C)(C)OC(=O)N1CC2(CC(Oc3ccnc4ccccc34)C2)C1. The van der Waals surface area contributed by atoms with Crippen molar-refractivity contribution in [3.8, 4) is 5.75 Å². The molecule has 2 aliphatic rings. The van der Waals surface area contributed by atoms with Crippen molar-refractivity contribution in [1.82, 2.24) is 9.88 Å². The van der Waals surface area contributed by atoms with E-state index in [4.69, 9.17) is 9.47 Å². The number of carbonyl (C=O) groups excluding carboxylic acids is 1. The smallest absolute Gasteiger partial charge is 0.410 e. The average Bonchev–Trinajstić information content (AvgIpc) is 2.46. The second-order valence-corrected chi connectivity index (χ2v) is 8.31. The second kappa shape index (κ2) is 5.61. The highest BCUT2D eigenvalue weighted by molar-refractivity contribution is 5.84. The first-order valence-electron chi connectivity index (χ1n) is 8.82. The Hall–Kier alpha value is -2.30. The lowest BCUT2D eigenvalue weighted by molar-refractivity contribution is -0.116. The summed E-state index contributed by atoms with van der Waals surface area (Å²) in [4.78, 5) is 18.2. The first-order valence-corrected chi connectivity index (χ1v) is 8.82. The predicted molar refractivity (Wildman–Crippen MR) is 95.6 cm³/mol. The van der Waals surface area contributed by atoms with Crippen molar-refractivity contribution in [2.24, 2.45) is 5.41 Å². The molecule has 25 heavy (non-hydrogen) atoms. The number of ether oxygens (including phenoxy) is 2. The quantitative estimate of drug-likeness (QED) is 0.829. The number of hydrogen-bond donors (Lipinski definition) is 0. The van der Waals surface area contributed by atoms with Gasteiger partial charge in [0.15, 0.2) is 0 Å². The molecule has 2 aromatic rings. The summed E-state index contributed by atoms with van der Waals surface area (Å²) in [6.07, 6.45) is 3.78. The van der Waals surface area contributed by atoms with Gasteiger partial charge in [0.2, 0.25) is 0 Å². The van der Waals surface area contributed by atoms with E-state index in [0.29, 0.717) is 0 Å². The zero-order chi connectivity index (χ0) is 17.7. The summed E-state index contributed by atoms with van der Waals surface area (Å²) in [5.74, 6) is 0.897. The zero-order valence-electron chi connectivity index (χ0n) is 15.0. The van der Waals surface area contributed by atoms with Crippen LogP contribution in [0, 0.1) is 5.41 Å². The third-order valence-corrected chi connectivity index (χ3v) is 4.93. The Labute approximate surface area is 147 Å². The molecule has 1 saturated heterocycles. The number of aromatic nitrogens is 1. The molecule has 5 heteroatoms. The van der Waals surface area contributed by atoms with Crippen LogP contribution in [0.15, 0.2) is 36.5 Å². The molecule has 2 fully saturated rings. The maximum Gasteiger partial charge on any atom is 0.410 e. The van der Waals surface area contributed by atoms with Gasteiger partial charge in [-0.25, -0.2) is 4.79 Å². The van der Waals surface area contributed by atoms with Crippen LogP contribution in [0.5, 0.6) is 5.75 Å². The van der Waals surface area contributed by atoms with Gasteiger partial charge in [0, 0.05) is 30.1 Å². The molecule has 132 valence electrons. The number of fused-ring (bicyclic) bond motifs is 1. The molecule has 1 spiro atoms. The number of benzene rings is 1. The molecule has 1 saturated carbocycles. The van der Waals surface area contributed by atoms with Crippen molar-refractivity contribution < 1.29 is 14.3 Å². The number of amides is 1. The van der Waals surface area contributed by atoms with E-state index in [9.17, 15) is 4.79 Å². The summed E-state index contributed by atoms with van der Waals surface area (Å²) < 4.78 is 11.6. The highest BCUT2D eigenvalue weighted by Crippen LogP contribution is 2.50. The molecular weight excluding hydrogens is 316 g/mol. The number of pyridine rings is 1. The molecular formula is C20H24N2O3. The van der Waals surface area contributed by atoms with Crippen molar-refractivity contribution in [2.75, 3.05) is 13.1 Å². The molecule has 1 aromatic carbocycles. The largest absolute Gasteiger partial charge is 0.490 e. The normalized spacial score (nSPS) is 19.4. The van der Waals surface area contributed by atoms with E-state index >= 15 is 0 Å². The van der Waals surface area contributed by atoms with Gasteiger partial charge in [-0.3, -0.25) is 4.98 Å². The summed E-state index contributed by atoms with van der Waals surface area (Å²) in [6, 6.07) is 9.96. The first-order chi connectivity index (χ1) is 11.8. The number of likely N-dealkylation sites (tertiary alicyclic amines) is 1. The Morgan fingerprint density at radius 2 is 1.92 bits per heavy atom. The van der Waals surface area contributed by atoms with E-state index in [1.54, 1.807) is 11.1 Å². The average molecular weight is 340 g/mol. The molecule has 1 aliphatic heterocycles. The van der Waals surface area contributed by atoms with E-state index in [1.165, 1.54) is 0 Å². The van der Waals surface area contributed by atoms with Gasteiger partial charge in [0.05, 0.1) is 5.52 Å². The highest BCUT2D eigenvalue weighted by atomic mass is 16.6. The maximum absolute atomic E-state index is 12.1. The van der Waals surface area contributed by atoms with Crippen LogP contribution < -0.4 is 4.74 Å². The van der Waals surface area contributed by atoms with Crippen LogP contribution in [-0.4, -0.2) is 40.8 Å². The third kappa shape index (κ3) is 3.15. The minimum atomic E-state index is -0.437. The molecule has 0 N–H and O–H groups in total. The lowest BCUT2D eigenvalue weighted by Crippen LogP contribution is -2.66. The van der Waals surface area contributed by atoms with Gasteiger partial charge >= 0.3 is 6.09 Å². The minimum Gasteiger partial charge on any atom is -0.490 e. The van der Waals surface area contributed by atoms with Gasteiger partial charge in [0.25, 0.3) is 0 Å². The van der Waals surface area contributed by atoms with Crippen LogP contribution in [0.4, 0.5) is 4.79 Å². The zero-order valence-corrected chi connectivity index (χ0v) is 15.0. The fraction of sp³-hybridized carbons (Fsp3) is 0.500. The van der Waals surface area contributed by atoms with Crippen LogP contribution in [-0.2, 0) is 4.74 Å². The number of nitrogens with zero attached hydrogens (tertiary/aromatic N) is 2. The minimum absolute atomic E-state index is 0.206. The van der Waals surface area contributed by atoms with Gasteiger partial charge in [-0.1, -0.05) is 12.1 Å². The Balaban J connectivity index is 1.32. The van der Waals surface area contributed by atoms with Crippen LogP contribution in [0.25, 0.3) is 10.9 Å². The number of rotatable bonds is 2. The number of para-hydroxylation sites is 1. The molecule has 5 nitrogen and oxygen atoms in total. The van der Waals surface area contributed by atoms with E-state index in [0.717, 1.165) is 42.6 Å². The lowest BCUT2D eigenvalue weighted by atomic mass is 9.62. The first kappa shape index (κ1) is 16.2. The molecule has 4 rings (SSSR count). The van der Waals surface area contributed by atoms with E-state index in [-0.39, 0.29) is 17.6 Å². The number of hydrogen-bond acceptors (Lipinski definition) is 4. The maximum atomic E-state index is 12.1. The Bertz CT molecular complexity index is 793. The summed E-state index contributed by atoms with van der Waals surface area (Å²) in [5, 5.41) is 1.05. The summed E-state index contributed by atoms with van der Waals surface area (Å²) in [6.45, 7) is 7.24. The van der Waals surface area contributed by atoms with E-state index in [2.05, 4.69) is 4.98 Å². The van der Waals surface area contributed by atoms with Gasteiger partial charge in [0.1, 0.15) is 17.5 Å². The van der Waals surface area contributed by atoms with Crippen molar-refractivity contribution in [2.45, 2.75) is 45.3 Å².